The van der Waals surface area contributed by atoms with Crippen LogP contribution in [-0.2, 0) is 12.7 Å². The molecule has 0 radical (unpaired) electrons. The summed E-state index contributed by atoms with van der Waals surface area (Å²) in [5.74, 6) is 0. The second kappa shape index (κ2) is 6.40. The van der Waals surface area contributed by atoms with E-state index in [1.807, 2.05) is 25.1 Å². The highest BCUT2D eigenvalue weighted by Gasteiger charge is 2.33. The molecule has 2 aromatic carbocycles. The fourth-order valence-corrected chi connectivity index (χ4v) is 2.53. The van der Waals surface area contributed by atoms with Crippen molar-refractivity contribution in [3.8, 4) is 0 Å². The number of alkyl halides is 3. The van der Waals surface area contributed by atoms with Crippen LogP contribution in [0.1, 0.15) is 16.7 Å². The van der Waals surface area contributed by atoms with E-state index < -0.39 is 11.7 Å². The van der Waals surface area contributed by atoms with Crippen molar-refractivity contribution in [1.29, 1.82) is 0 Å². The molecule has 0 unspecified atom stereocenters. The average Bonchev–Trinajstić information content (AvgIpc) is 2.40. The maximum atomic E-state index is 13.0. The van der Waals surface area contributed by atoms with Crippen LogP contribution in [0.2, 0.25) is 0 Å². The molecule has 112 valence electrons. The van der Waals surface area contributed by atoms with Gasteiger partial charge in [0.25, 0.3) is 0 Å². The van der Waals surface area contributed by atoms with Crippen LogP contribution in [0.15, 0.2) is 45.3 Å². The minimum atomic E-state index is -4.39. The maximum absolute atomic E-state index is 13.0. The van der Waals surface area contributed by atoms with Crippen molar-refractivity contribution in [3.63, 3.8) is 0 Å². The Balaban J connectivity index is 2.22. The Hall–Kier alpha value is -1.01. The van der Waals surface area contributed by atoms with Gasteiger partial charge in [0.1, 0.15) is 0 Å². The Kier molecular flexibility index (Phi) is 4.99. The zero-order chi connectivity index (χ0) is 15.6. The lowest BCUT2D eigenvalue weighted by Gasteiger charge is -2.15. The first kappa shape index (κ1) is 16.4. The van der Waals surface area contributed by atoms with E-state index in [0.717, 1.165) is 21.7 Å². The minimum Gasteiger partial charge on any atom is -0.380 e. The molecular weight excluding hydrogens is 411 g/mol. The van der Waals surface area contributed by atoms with Crippen molar-refractivity contribution in [2.24, 2.45) is 0 Å². The molecule has 0 aromatic heterocycles. The molecule has 0 amide bonds. The first-order valence-corrected chi connectivity index (χ1v) is 7.71. The number of rotatable bonds is 3. The number of nitrogens with one attached hydrogen (secondary N) is 1. The van der Waals surface area contributed by atoms with Crippen LogP contribution in [0.3, 0.4) is 0 Å². The maximum Gasteiger partial charge on any atom is 0.418 e. The Bertz CT molecular complexity index is 654. The summed E-state index contributed by atoms with van der Waals surface area (Å²) in [6.07, 6.45) is -4.39. The molecule has 0 aliphatic rings. The fourth-order valence-electron chi connectivity index (χ4n) is 1.92. The summed E-state index contributed by atoms with van der Waals surface area (Å²) in [5.41, 5.74) is 1.37. The summed E-state index contributed by atoms with van der Waals surface area (Å²) in [6, 6.07) is 9.79. The van der Waals surface area contributed by atoms with Crippen LogP contribution in [0.25, 0.3) is 0 Å². The zero-order valence-electron chi connectivity index (χ0n) is 11.1. The molecular formula is C15H12Br2F3N. The van der Waals surface area contributed by atoms with E-state index in [-0.39, 0.29) is 5.69 Å². The van der Waals surface area contributed by atoms with Crippen LogP contribution < -0.4 is 5.32 Å². The third-order valence-electron chi connectivity index (χ3n) is 2.99. The third kappa shape index (κ3) is 4.23. The first-order chi connectivity index (χ1) is 9.77. The van der Waals surface area contributed by atoms with E-state index in [1.54, 1.807) is 6.07 Å². The molecule has 0 aliphatic heterocycles. The van der Waals surface area contributed by atoms with Crippen LogP contribution in [-0.4, -0.2) is 0 Å². The molecule has 21 heavy (non-hydrogen) atoms. The topological polar surface area (TPSA) is 12.0 Å². The van der Waals surface area contributed by atoms with Crippen molar-refractivity contribution in [2.45, 2.75) is 19.6 Å². The highest BCUT2D eigenvalue weighted by molar-refractivity contribution is 9.10. The van der Waals surface area contributed by atoms with E-state index >= 15 is 0 Å². The Labute approximate surface area is 137 Å². The predicted molar refractivity (Wildman–Crippen MR) is 85.3 cm³/mol. The second-order valence-electron chi connectivity index (χ2n) is 4.62. The molecule has 2 aromatic rings. The largest absolute Gasteiger partial charge is 0.418 e. The normalized spacial score (nSPS) is 11.5. The third-order valence-corrected chi connectivity index (χ3v) is 4.38. The Morgan fingerprint density at radius 2 is 1.76 bits per heavy atom. The lowest BCUT2D eigenvalue weighted by atomic mass is 10.1. The lowest BCUT2D eigenvalue weighted by molar-refractivity contribution is -0.137. The molecule has 0 saturated heterocycles. The van der Waals surface area contributed by atoms with Gasteiger partial charge in [0.05, 0.1) is 5.56 Å². The fraction of sp³-hybridized carbons (Fsp3) is 0.200. The van der Waals surface area contributed by atoms with Crippen molar-refractivity contribution >= 4 is 37.5 Å². The van der Waals surface area contributed by atoms with Gasteiger partial charge < -0.3 is 5.32 Å². The molecule has 2 rings (SSSR count). The van der Waals surface area contributed by atoms with Crippen LogP contribution >= 0.6 is 31.9 Å². The molecule has 0 bridgehead atoms. The van der Waals surface area contributed by atoms with Gasteiger partial charge >= 0.3 is 6.18 Å². The summed E-state index contributed by atoms with van der Waals surface area (Å²) in [6.45, 7) is 2.27. The van der Waals surface area contributed by atoms with Crippen molar-refractivity contribution in [2.75, 3.05) is 5.32 Å². The van der Waals surface area contributed by atoms with Gasteiger partial charge in [-0.05, 0) is 42.3 Å². The minimum absolute atomic E-state index is 0.0753. The molecule has 6 heteroatoms. The van der Waals surface area contributed by atoms with E-state index in [2.05, 4.69) is 37.2 Å². The summed E-state index contributed by atoms with van der Waals surface area (Å²) >= 11 is 6.47. The smallest absolute Gasteiger partial charge is 0.380 e. The van der Waals surface area contributed by atoms with Gasteiger partial charge in [0, 0.05) is 21.2 Å². The van der Waals surface area contributed by atoms with Gasteiger partial charge in [-0.25, -0.2) is 0 Å². The highest BCUT2D eigenvalue weighted by atomic mass is 79.9. The summed E-state index contributed by atoms with van der Waals surface area (Å²) in [7, 11) is 0. The van der Waals surface area contributed by atoms with E-state index in [0.29, 0.717) is 11.0 Å². The number of benzene rings is 2. The predicted octanol–water partition coefficient (Wildman–Crippen LogP) is 6.15. The number of hydrogen-bond donors (Lipinski definition) is 1. The van der Waals surface area contributed by atoms with Crippen molar-refractivity contribution < 1.29 is 13.2 Å². The van der Waals surface area contributed by atoms with Crippen molar-refractivity contribution in [1.82, 2.24) is 0 Å². The number of aryl methyl sites for hydroxylation is 1. The van der Waals surface area contributed by atoms with Gasteiger partial charge in [0.2, 0.25) is 0 Å². The Morgan fingerprint density at radius 3 is 2.38 bits per heavy atom. The van der Waals surface area contributed by atoms with Crippen molar-refractivity contribution in [3.05, 3.63) is 62.0 Å². The molecule has 1 N–H and O–H groups in total. The summed E-state index contributed by atoms with van der Waals surface area (Å²) in [4.78, 5) is 0. The van der Waals surface area contributed by atoms with Crippen LogP contribution in [0.5, 0.6) is 0 Å². The molecule has 0 fully saturated rings. The molecule has 0 spiro atoms. The quantitative estimate of drug-likeness (QED) is 0.625. The second-order valence-corrected chi connectivity index (χ2v) is 6.39. The number of hydrogen-bond acceptors (Lipinski definition) is 1. The molecule has 0 aliphatic carbocycles. The monoisotopic (exact) mass is 421 g/mol. The number of halogens is 5. The van der Waals surface area contributed by atoms with E-state index in [9.17, 15) is 13.2 Å². The van der Waals surface area contributed by atoms with E-state index in [4.69, 9.17) is 0 Å². The average molecular weight is 423 g/mol. The molecule has 1 nitrogen and oxygen atoms in total. The van der Waals surface area contributed by atoms with Gasteiger partial charge in [-0.15, -0.1) is 0 Å². The molecule has 0 heterocycles. The van der Waals surface area contributed by atoms with Crippen LogP contribution in [0, 0.1) is 6.92 Å². The zero-order valence-corrected chi connectivity index (χ0v) is 14.2. The standard InChI is InChI=1S/C15H12Br2F3N/c1-9-6-10(2-4-13(9)17)8-21-14-5-3-11(16)7-12(14)15(18,19)20/h2-7,21H,8H2,1H3. The first-order valence-electron chi connectivity index (χ1n) is 6.13. The van der Waals surface area contributed by atoms with Gasteiger partial charge in [-0.2, -0.15) is 13.2 Å². The lowest BCUT2D eigenvalue weighted by Crippen LogP contribution is -2.11. The summed E-state index contributed by atoms with van der Waals surface area (Å²) in [5, 5.41) is 2.85. The van der Waals surface area contributed by atoms with Gasteiger partial charge in [0.15, 0.2) is 0 Å². The summed E-state index contributed by atoms with van der Waals surface area (Å²) < 4.78 is 40.4. The van der Waals surface area contributed by atoms with Gasteiger partial charge in [-0.1, -0.05) is 44.0 Å². The SMILES string of the molecule is Cc1cc(CNc2ccc(Br)cc2C(F)(F)F)ccc1Br. The molecule has 0 atom stereocenters. The van der Waals surface area contributed by atoms with Crippen LogP contribution in [0.4, 0.5) is 18.9 Å². The number of anilines is 1. The Morgan fingerprint density at radius 1 is 1.05 bits per heavy atom. The highest BCUT2D eigenvalue weighted by Crippen LogP contribution is 2.36. The van der Waals surface area contributed by atoms with Gasteiger partial charge in [-0.3, -0.25) is 0 Å². The molecule has 0 saturated carbocycles. The van der Waals surface area contributed by atoms with E-state index in [1.165, 1.54) is 6.07 Å².